The van der Waals surface area contributed by atoms with Crippen LogP contribution in [0.3, 0.4) is 0 Å². The third kappa shape index (κ3) is 3.25. The van der Waals surface area contributed by atoms with Crippen LogP contribution in [0, 0.1) is 0 Å². The van der Waals surface area contributed by atoms with Crippen molar-refractivity contribution in [3.05, 3.63) is 63.7 Å². The molecule has 0 spiro atoms. The zero-order valence-corrected chi connectivity index (χ0v) is 13.3. The Kier molecular flexibility index (Phi) is 4.22. The van der Waals surface area contributed by atoms with E-state index >= 15 is 0 Å². The molecule has 0 atom stereocenters. The van der Waals surface area contributed by atoms with Gasteiger partial charge in [0.15, 0.2) is 0 Å². The van der Waals surface area contributed by atoms with Crippen LogP contribution in [-0.2, 0) is 6.54 Å². The number of hydrogen-bond acceptors (Lipinski definition) is 3. The highest BCUT2D eigenvalue weighted by atomic mass is 79.9. The molecule has 0 aliphatic rings. The van der Waals surface area contributed by atoms with Gasteiger partial charge in [0.25, 0.3) is 0 Å². The Bertz CT molecular complexity index is 742. The van der Waals surface area contributed by atoms with Crippen LogP contribution < -0.4 is 5.32 Å². The number of hydrogen-bond donors (Lipinski definition) is 2. The third-order valence-corrected chi connectivity index (χ3v) is 3.86. The topological polar surface area (TPSA) is 53.6 Å². The van der Waals surface area contributed by atoms with Gasteiger partial charge in [-0.15, -0.1) is 0 Å². The monoisotopic (exact) mass is 362 g/mol. The van der Waals surface area contributed by atoms with Crippen molar-refractivity contribution in [1.82, 2.24) is 15.4 Å². The lowest BCUT2D eigenvalue weighted by Crippen LogP contribution is -2.02. The highest BCUT2D eigenvalue weighted by Crippen LogP contribution is 2.27. The van der Waals surface area contributed by atoms with Gasteiger partial charge in [0.05, 0.1) is 17.3 Å². The van der Waals surface area contributed by atoms with Crippen molar-refractivity contribution in [3.63, 3.8) is 0 Å². The smallest absolute Gasteiger partial charge is 0.117 e. The van der Waals surface area contributed by atoms with Crippen molar-refractivity contribution in [2.75, 3.05) is 5.32 Å². The molecule has 6 heteroatoms. The van der Waals surface area contributed by atoms with Gasteiger partial charge in [-0.05, 0) is 18.2 Å². The van der Waals surface area contributed by atoms with Gasteiger partial charge < -0.3 is 5.32 Å². The van der Waals surface area contributed by atoms with Crippen LogP contribution in [0.2, 0.25) is 5.02 Å². The van der Waals surface area contributed by atoms with Gasteiger partial charge >= 0.3 is 0 Å². The first-order valence-corrected chi connectivity index (χ1v) is 7.55. The summed E-state index contributed by atoms with van der Waals surface area (Å²) in [7, 11) is 0. The maximum atomic E-state index is 6.17. The summed E-state index contributed by atoms with van der Waals surface area (Å²) in [5.41, 5.74) is 3.57. The number of H-pyrrole nitrogens is 1. The molecule has 106 valence electrons. The maximum Gasteiger partial charge on any atom is 0.117 e. The zero-order valence-electron chi connectivity index (χ0n) is 11.0. The van der Waals surface area contributed by atoms with E-state index in [4.69, 9.17) is 11.6 Å². The second kappa shape index (κ2) is 6.28. The van der Waals surface area contributed by atoms with E-state index in [0.717, 1.165) is 27.1 Å². The SMILES string of the molecule is Clc1ccc(Br)cc1NCc1n[nH]nc1-c1ccccc1. The van der Waals surface area contributed by atoms with Crippen molar-refractivity contribution in [3.8, 4) is 11.3 Å². The normalized spacial score (nSPS) is 10.6. The van der Waals surface area contributed by atoms with Gasteiger partial charge in [0.1, 0.15) is 11.4 Å². The number of aromatic nitrogens is 3. The Hall–Kier alpha value is -1.85. The molecule has 21 heavy (non-hydrogen) atoms. The first-order chi connectivity index (χ1) is 10.2. The van der Waals surface area contributed by atoms with E-state index < -0.39 is 0 Å². The number of halogens is 2. The molecule has 0 aliphatic heterocycles. The molecule has 1 aromatic heterocycles. The summed E-state index contributed by atoms with van der Waals surface area (Å²) in [4.78, 5) is 0. The van der Waals surface area contributed by atoms with Crippen molar-refractivity contribution >= 4 is 33.2 Å². The Morgan fingerprint density at radius 3 is 2.71 bits per heavy atom. The molecule has 0 fully saturated rings. The van der Waals surface area contributed by atoms with Gasteiger partial charge in [-0.3, -0.25) is 0 Å². The van der Waals surface area contributed by atoms with E-state index in [1.165, 1.54) is 0 Å². The number of rotatable bonds is 4. The molecule has 0 aliphatic carbocycles. The molecule has 2 N–H and O–H groups in total. The van der Waals surface area contributed by atoms with E-state index in [9.17, 15) is 0 Å². The summed E-state index contributed by atoms with van der Waals surface area (Å²) < 4.78 is 0.970. The third-order valence-electron chi connectivity index (χ3n) is 3.04. The van der Waals surface area contributed by atoms with E-state index in [1.807, 2.05) is 48.5 Å². The predicted octanol–water partition coefficient (Wildman–Crippen LogP) is 4.50. The molecule has 0 amide bonds. The molecule has 4 nitrogen and oxygen atoms in total. The van der Waals surface area contributed by atoms with E-state index in [0.29, 0.717) is 11.6 Å². The number of aromatic amines is 1. The van der Waals surface area contributed by atoms with Gasteiger partial charge in [0, 0.05) is 10.0 Å². The molecular weight excluding hydrogens is 352 g/mol. The largest absolute Gasteiger partial charge is 0.378 e. The van der Waals surface area contributed by atoms with E-state index in [1.54, 1.807) is 0 Å². The molecule has 0 unspecified atom stereocenters. The Labute approximate surface area is 135 Å². The molecule has 3 aromatic rings. The van der Waals surface area contributed by atoms with Gasteiger partial charge in [-0.1, -0.05) is 57.9 Å². The number of nitrogens with zero attached hydrogens (tertiary/aromatic N) is 2. The lowest BCUT2D eigenvalue weighted by molar-refractivity contribution is 0.911. The quantitative estimate of drug-likeness (QED) is 0.717. The molecule has 0 saturated heterocycles. The Balaban J connectivity index is 1.81. The fourth-order valence-electron chi connectivity index (χ4n) is 2.02. The minimum absolute atomic E-state index is 0.539. The van der Waals surface area contributed by atoms with Crippen molar-refractivity contribution in [1.29, 1.82) is 0 Å². The predicted molar refractivity (Wildman–Crippen MR) is 88.3 cm³/mol. The van der Waals surface area contributed by atoms with Crippen molar-refractivity contribution in [2.45, 2.75) is 6.54 Å². The van der Waals surface area contributed by atoms with Crippen LogP contribution >= 0.6 is 27.5 Å². The fraction of sp³-hybridized carbons (Fsp3) is 0.0667. The summed E-state index contributed by atoms with van der Waals surface area (Å²) in [6.45, 7) is 0.539. The van der Waals surface area contributed by atoms with Gasteiger partial charge in [-0.25, -0.2) is 0 Å². The highest BCUT2D eigenvalue weighted by molar-refractivity contribution is 9.10. The van der Waals surface area contributed by atoms with Crippen LogP contribution in [-0.4, -0.2) is 15.4 Å². The summed E-state index contributed by atoms with van der Waals surface area (Å²) >= 11 is 9.60. The standard InChI is InChI=1S/C15H12BrClN4/c16-11-6-7-12(17)13(8-11)18-9-14-15(20-21-19-14)10-4-2-1-3-5-10/h1-8,18H,9H2,(H,19,20,21). The van der Waals surface area contributed by atoms with Crippen molar-refractivity contribution in [2.24, 2.45) is 0 Å². The summed E-state index contributed by atoms with van der Waals surface area (Å²) in [6.07, 6.45) is 0. The molecule has 0 bridgehead atoms. The Morgan fingerprint density at radius 2 is 1.90 bits per heavy atom. The molecule has 0 radical (unpaired) electrons. The Morgan fingerprint density at radius 1 is 1.10 bits per heavy atom. The lowest BCUT2D eigenvalue weighted by atomic mass is 10.1. The molecule has 0 saturated carbocycles. The minimum Gasteiger partial charge on any atom is -0.378 e. The summed E-state index contributed by atoms with van der Waals surface area (Å²) in [5.74, 6) is 0. The van der Waals surface area contributed by atoms with Crippen LogP contribution in [0.4, 0.5) is 5.69 Å². The van der Waals surface area contributed by atoms with Gasteiger partial charge in [-0.2, -0.15) is 15.4 Å². The molecule has 3 rings (SSSR count). The molecule has 2 aromatic carbocycles. The average Bonchev–Trinajstić information content (AvgIpc) is 2.97. The second-order valence-corrected chi connectivity index (χ2v) is 5.79. The van der Waals surface area contributed by atoms with Crippen LogP contribution in [0.25, 0.3) is 11.3 Å². The highest BCUT2D eigenvalue weighted by Gasteiger charge is 2.10. The first kappa shape index (κ1) is 14.1. The van der Waals surface area contributed by atoms with E-state index in [2.05, 4.69) is 36.7 Å². The summed E-state index contributed by atoms with van der Waals surface area (Å²) in [6, 6.07) is 15.6. The summed E-state index contributed by atoms with van der Waals surface area (Å²) in [5, 5.41) is 15.1. The fourth-order valence-corrected chi connectivity index (χ4v) is 2.56. The molecular formula is C15H12BrClN4. The zero-order chi connectivity index (χ0) is 14.7. The molecule has 1 heterocycles. The van der Waals surface area contributed by atoms with Crippen LogP contribution in [0.5, 0.6) is 0 Å². The second-order valence-electron chi connectivity index (χ2n) is 4.46. The first-order valence-electron chi connectivity index (χ1n) is 6.38. The van der Waals surface area contributed by atoms with Crippen LogP contribution in [0.1, 0.15) is 5.69 Å². The van der Waals surface area contributed by atoms with Crippen LogP contribution in [0.15, 0.2) is 53.0 Å². The minimum atomic E-state index is 0.539. The maximum absolute atomic E-state index is 6.17. The van der Waals surface area contributed by atoms with Crippen molar-refractivity contribution < 1.29 is 0 Å². The number of benzene rings is 2. The lowest BCUT2D eigenvalue weighted by Gasteiger charge is -2.08. The van der Waals surface area contributed by atoms with E-state index in [-0.39, 0.29) is 0 Å². The number of nitrogens with one attached hydrogen (secondary N) is 2. The van der Waals surface area contributed by atoms with Gasteiger partial charge in [0.2, 0.25) is 0 Å². The number of anilines is 1. The average molecular weight is 364 g/mol.